The first kappa shape index (κ1) is 19.5. The SMILES string of the molecule is CC1CC(C)CN(Cc2ccccc2CNC(=O)c2ccc([N+](=O)[O-])s2)C1. The minimum atomic E-state index is -0.475. The molecule has 1 aliphatic rings. The molecule has 1 fully saturated rings. The van der Waals surface area contributed by atoms with Crippen LogP contribution in [0.15, 0.2) is 36.4 Å². The number of nitrogens with one attached hydrogen (secondary N) is 1. The van der Waals surface area contributed by atoms with E-state index in [1.54, 1.807) is 0 Å². The van der Waals surface area contributed by atoms with Crippen LogP contribution >= 0.6 is 11.3 Å². The van der Waals surface area contributed by atoms with E-state index in [1.807, 2.05) is 18.2 Å². The Morgan fingerprint density at radius 1 is 1.19 bits per heavy atom. The molecular formula is C20H25N3O3S. The molecule has 1 N–H and O–H groups in total. The first-order valence-electron chi connectivity index (χ1n) is 9.24. The zero-order valence-electron chi connectivity index (χ0n) is 15.7. The van der Waals surface area contributed by atoms with E-state index in [-0.39, 0.29) is 10.9 Å². The second kappa shape index (κ2) is 8.63. The number of hydrogen-bond acceptors (Lipinski definition) is 5. The van der Waals surface area contributed by atoms with Crippen molar-refractivity contribution >= 4 is 22.2 Å². The highest BCUT2D eigenvalue weighted by molar-refractivity contribution is 7.17. The molecule has 1 aromatic heterocycles. The van der Waals surface area contributed by atoms with Crippen molar-refractivity contribution in [3.63, 3.8) is 0 Å². The lowest BCUT2D eigenvalue weighted by atomic mass is 9.91. The summed E-state index contributed by atoms with van der Waals surface area (Å²) in [5.74, 6) is 1.13. The van der Waals surface area contributed by atoms with Crippen molar-refractivity contribution < 1.29 is 9.72 Å². The van der Waals surface area contributed by atoms with Crippen LogP contribution in [-0.4, -0.2) is 28.8 Å². The van der Waals surface area contributed by atoms with Gasteiger partial charge in [0.2, 0.25) is 0 Å². The molecule has 2 unspecified atom stereocenters. The molecule has 2 atom stereocenters. The normalized spacial score (nSPS) is 20.4. The number of thiophene rings is 1. The summed E-state index contributed by atoms with van der Waals surface area (Å²) in [7, 11) is 0. The van der Waals surface area contributed by atoms with E-state index in [1.165, 1.54) is 24.1 Å². The minimum absolute atomic E-state index is 0.0195. The second-order valence-electron chi connectivity index (χ2n) is 7.49. The second-order valence-corrected chi connectivity index (χ2v) is 8.55. The molecule has 27 heavy (non-hydrogen) atoms. The summed E-state index contributed by atoms with van der Waals surface area (Å²) in [4.78, 5) is 25.5. The van der Waals surface area contributed by atoms with Crippen LogP contribution in [0.4, 0.5) is 5.00 Å². The number of hydrogen-bond donors (Lipinski definition) is 1. The molecule has 6 nitrogen and oxygen atoms in total. The van der Waals surface area contributed by atoms with Gasteiger partial charge < -0.3 is 5.32 Å². The van der Waals surface area contributed by atoms with Gasteiger partial charge in [0.1, 0.15) is 0 Å². The van der Waals surface area contributed by atoms with E-state index in [0.29, 0.717) is 23.3 Å². The molecule has 7 heteroatoms. The number of rotatable bonds is 6. The molecule has 1 amide bonds. The van der Waals surface area contributed by atoms with E-state index >= 15 is 0 Å². The minimum Gasteiger partial charge on any atom is -0.347 e. The Bertz CT molecular complexity index is 810. The van der Waals surface area contributed by atoms with Gasteiger partial charge in [0.25, 0.3) is 5.91 Å². The zero-order valence-corrected chi connectivity index (χ0v) is 16.5. The van der Waals surface area contributed by atoms with Crippen molar-refractivity contribution in [3.8, 4) is 0 Å². The first-order valence-corrected chi connectivity index (χ1v) is 10.1. The third kappa shape index (κ3) is 5.14. The van der Waals surface area contributed by atoms with Crippen molar-refractivity contribution in [3.05, 3.63) is 62.5 Å². The van der Waals surface area contributed by atoms with E-state index < -0.39 is 4.92 Å². The van der Waals surface area contributed by atoms with Crippen molar-refractivity contribution in [2.24, 2.45) is 11.8 Å². The van der Waals surface area contributed by atoms with E-state index in [4.69, 9.17) is 0 Å². The average Bonchev–Trinajstić information content (AvgIpc) is 3.10. The molecule has 1 saturated heterocycles. The number of piperidine rings is 1. The van der Waals surface area contributed by atoms with Gasteiger partial charge in [0.05, 0.1) is 9.80 Å². The first-order chi connectivity index (χ1) is 12.9. The number of likely N-dealkylation sites (tertiary alicyclic amines) is 1. The zero-order chi connectivity index (χ0) is 19.4. The molecular weight excluding hydrogens is 362 g/mol. The Morgan fingerprint density at radius 2 is 1.85 bits per heavy atom. The predicted octanol–water partition coefficient (Wildman–Crippen LogP) is 4.06. The summed E-state index contributed by atoms with van der Waals surface area (Å²) < 4.78 is 0. The van der Waals surface area contributed by atoms with Gasteiger partial charge >= 0.3 is 5.00 Å². The Balaban J connectivity index is 1.63. The Labute approximate surface area is 163 Å². The summed E-state index contributed by atoms with van der Waals surface area (Å²) in [5.41, 5.74) is 2.30. The van der Waals surface area contributed by atoms with Gasteiger partial charge in [0.15, 0.2) is 0 Å². The highest BCUT2D eigenvalue weighted by atomic mass is 32.1. The van der Waals surface area contributed by atoms with Crippen LogP contribution in [-0.2, 0) is 13.1 Å². The topological polar surface area (TPSA) is 75.5 Å². The molecule has 0 radical (unpaired) electrons. The molecule has 0 aliphatic carbocycles. The number of carbonyl (C=O) groups excluding carboxylic acids is 1. The third-order valence-electron chi connectivity index (χ3n) is 4.89. The largest absolute Gasteiger partial charge is 0.347 e. The smallest absolute Gasteiger partial charge is 0.324 e. The maximum atomic E-state index is 12.3. The average molecular weight is 388 g/mol. The maximum absolute atomic E-state index is 12.3. The van der Waals surface area contributed by atoms with Gasteiger partial charge in [-0.1, -0.05) is 49.4 Å². The van der Waals surface area contributed by atoms with Gasteiger partial charge in [-0.2, -0.15) is 0 Å². The van der Waals surface area contributed by atoms with Crippen LogP contribution in [0.3, 0.4) is 0 Å². The van der Waals surface area contributed by atoms with Gasteiger partial charge in [-0.3, -0.25) is 19.8 Å². The lowest BCUT2D eigenvalue weighted by Gasteiger charge is -2.35. The number of amides is 1. The fourth-order valence-corrected chi connectivity index (χ4v) is 4.59. The lowest BCUT2D eigenvalue weighted by molar-refractivity contribution is -0.380. The van der Waals surface area contributed by atoms with Gasteiger partial charge in [-0.25, -0.2) is 0 Å². The monoisotopic (exact) mass is 387 g/mol. The van der Waals surface area contributed by atoms with Gasteiger partial charge in [-0.05, 0) is 35.4 Å². The Hall–Kier alpha value is -2.25. The number of benzene rings is 1. The highest BCUT2D eigenvalue weighted by Gasteiger charge is 2.22. The lowest BCUT2D eigenvalue weighted by Crippen LogP contribution is -2.38. The molecule has 2 heterocycles. The van der Waals surface area contributed by atoms with E-state index in [9.17, 15) is 14.9 Å². The van der Waals surface area contributed by atoms with Crippen molar-refractivity contribution in [2.75, 3.05) is 13.1 Å². The van der Waals surface area contributed by atoms with Crippen LogP contribution < -0.4 is 5.32 Å². The van der Waals surface area contributed by atoms with Crippen molar-refractivity contribution in [2.45, 2.75) is 33.4 Å². The number of nitrogens with zero attached hydrogens (tertiary/aromatic N) is 2. The molecule has 1 aliphatic heterocycles. The Kier molecular flexibility index (Phi) is 6.23. The summed E-state index contributed by atoms with van der Waals surface area (Å²) >= 11 is 0.898. The molecule has 144 valence electrons. The van der Waals surface area contributed by atoms with Crippen molar-refractivity contribution in [1.82, 2.24) is 10.2 Å². The Morgan fingerprint density at radius 3 is 2.48 bits per heavy atom. The molecule has 0 spiro atoms. The predicted molar refractivity (Wildman–Crippen MR) is 107 cm³/mol. The summed E-state index contributed by atoms with van der Waals surface area (Å²) in [6.07, 6.45) is 1.28. The third-order valence-corrected chi connectivity index (χ3v) is 5.93. The molecule has 2 aromatic rings. The maximum Gasteiger partial charge on any atom is 0.324 e. The fraction of sp³-hybridized carbons (Fsp3) is 0.450. The standard InChI is InChI=1S/C20H25N3O3S/c1-14-9-15(2)12-22(11-14)13-17-6-4-3-5-16(17)10-21-20(24)18-7-8-19(27-18)23(25)26/h3-8,14-15H,9-13H2,1-2H3,(H,21,24). The van der Waals surface area contributed by atoms with E-state index in [2.05, 4.69) is 30.1 Å². The fourth-order valence-electron chi connectivity index (χ4n) is 3.86. The summed E-state index contributed by atoms with van der Waals surface area (Å²) in [6.45, 7) is 8.10. The molecule has 0 saturated carbocycles. The molecule has 3 rings (SSSR count). The molecule has 0 bridgehead atoms. The van der Waals surface area contributed by atoms with E-state index in [0.717, 1.165) is 36.5 Å². The highest BCUT2D eigenvalue weighted by Crippen LogP contribution is 2.25. The van der Waals surface area contributed by atoms with Crippen LogP contribution in [0.1, 0.15) is 41.1 Å². The number of nitro groups is 1. The van der Waals surface area contributed by atoms with Crippen LogP contribution in [0.5, 0.6) is 0 Å². The van der Waals surface area contributed by atoms with Crippen molar-refractivity contribution in [1.29, 1.82) is 0 Å². The summed E-state index contributed by atoms with van der Waals surface area (Å²) in [6, 6.07) is 11.0. The summed E-state index contributed by atoms with van der Waals surface area (Å²) in [5, 5.41) is 13.6. The van der Waals surface area contributed by atoms with Crippen LogP contribution in [0.2, 0.25) is 0 Å². The van der Waals surface area contributed by atoms with Crippen LogP contribution in [0.25, 0.3) is 0 Å². The number of carbonyl (C=O) groups is 1. The van der Waals surface area contributed by atoms with Gasteiger partial charge in [0, 0.05) is 32.2 Å². The van der Waals surface area contributed by atoms with Crippen LogP contribution in [0, 0.1) is 22.0 Å². The quantitative estimate of drug-likeness (QED) is 0.599. The molecule has 1 aromatic carbocycles. The van der Waals surface area contributed by atoms with Gasteiger partial charge in [-0.15, -0.1) is 0 Å².